The van der Waals surface area contributed by atoms with Gasteiger partial charge in [-0.3, -0.25) is 0 Å². The lowest BCUT2D eigenvalue weighted by atomic mass is 9.82. The van der Waals surface area contributed by atoms with Crippen LogP contribution in [0.25, 0.3) is 0 Å². The molecule has 0 amide bonds. The second kappa shape index (κ2) is 6.13. The molecular weight excluding hydrogens is 256 g/mol. The molecule has 0 spiro atoms. The van der Waals surface area contributed by atoms with Crippen LogP contribution in [0.2, 0.25) is 0 Å². The molecule has 1 aliphatic rings. The maximum atomic E-state index is 11.4. The molecule has 1 fully saturated rings. The van der Waals surface area contributed by atoms with Crippen LogP contribution in [0, 0.1) is 5.41 Å². The Morgan fingerprint density at radius 2 is 2.15 bits per heavy atom. The number of methoxy groups -OCH3 is 1. The van der Waals surface area contributed by atoms with Gasteiger partial charge in [0.15, 0.2) is 0 Å². The standard InChI is InChI=1S/C15H22N2O3/c1-15(5-7-20-8-6-15)10-17-13-4-3-11(9-12(13)16)14(18)19-2/h3-4,9,17H,5-8,10,16H2,1-2H3. The van der Waals surface area contributed by atoms with Gasteiger partial charge in [0, 0.05) is 19.8 Å². The highest BCUT2D eigenvalue weighted by atomic mass is 16.5. The van der Waals surface area contributed by atoms with Gasteiger partial charge in [-0.25, -0.2) is 4.79 Å². The van der Waals surface area contributed by atoms with Crippen molar-refractivity contribution >= 4 is 17.3 Å². The Kier molecular flexibility index (Phi) is 4.49. The molecule has 1 aromatic carbocycles. The van der Waals surface area contributed by atoms with Gasteiger partial charge < -0.3 is 20.5 Å². The second-order valence-corrected chi connectivity index (χ2v) is 5.57. The summed E-state index contributed by atoms with van der Waals surface area (Å²) in [7, 11) is 1.36. The van der Waals surface area contributed by atoms with Crippen molar-refractivity contribution in [2.45, 2.75) is 19.8 Å². The molecule has 0 atom stereocenters. The van der Waals surface area contributed by atoms with Crippen molar-refractivity contribution in [1.82, 2.24) is 0 Å². The summed E-state index contributed by atoms with van der Waals surface area (Å²) in [4.78, 5) is 11.4. The maximum Gasteiger partial charge on any atom is 0.337 e. The summed E-state index contributed by atoms with van der Waals surface area (Å²) in [5.74, 6) is -0.375. The molecule has 2 rings (SSSR count). The fourth-order valence-electron chi connectivity index (χ4n) is 2.32. The number of hydrogen-bond acceptors (Lipinski definition) is 5. The highest BCUT2D eigenvalue weighted by molar-refractivity contribution is 5.91. The normalized spacial score (nSPS) is 17.5. The van der Waals surface area contributed by atoms with E-state index in [9.17, 15) is 4.79 Å². The summed E-state index contributed by atoms with van der Waals surface area (Å²) < 4.78 is 10.1. The average molecular weight is 278 g/mol. The molecule has 1 aliphatic heterocycles. The van der Waals surface area contributed by atoms with Crippen molar-refractivity contribution in [3.8, 4) is 0 Å². The molecule has 0 aromatic heterocycles. The summed E-state index contributed by atoms with van der Waals surface area (Å²) in [5, 5.41) is 3.37. The lowest BCUT2D eigenvalue weighted by Crippen LogP contribution is -2.33. The number of nitrogens with two attached hydrogens (primary N) is 1. The first-order valence-corrected chi connectivity index (χ1v) is 6.83. The number of rotatable bonds is 4. The van der Waals surface area contributed by atoms with Gasteiger partial charge in [-0.05, 0) is 36.5 Å². The van der Waals surface area contributed by atoms with Crippen LogP contribution >= 0.6 is 0 Å². The zero-order valence-corrected chi connectivity index (χ0v) is 12.1. The van der Waals surface area contributed by atoms with Gasteiger partial charge >= 0.3 is 5.97 Å². The SMILES string of the molecule is COC(=O)c1ccc(NCC2(C)CCOCC2)c(N)c1. The Bertz CT molecular complexity index is 482. The number of carbonyl (C=O) groups is 1. The van der Waals surface area contributed by atoms with E-state index in [1.54, 1.807) is 12.1 Å². The average Bonchev–Trinajstić information content (AvgIpc) is 2.46. The predicted molar refractivity (Wildman–Crippen MR) is 78.8 cm³/mol. The lowest BCUT2D eigenvalue weighted by molar-refractivity contribution is 0.0300. The number of carbonyl (C=O) groups excluding carboxylic acids is 1. The lowest BCUT2D eigenvalue weighted by Gasteiger charge is -2.34. The third kappa shape index (κ3) is 3.42. The molecule has 3 N–H and O–H groups in total. The zero-order chi connectivity index (χ0) is 14.6. The minimum atomic E-state index is -0.375. The molecule has 0 aliphatic carbocycles. The number of hydrogen-bond donors (Lipinski definition) is 2. The first-order chi connectivity index (χ1) is 9.54. The highest BCUT2D eigenvalue weighted by Gasteiger charge is 2.27. The van der Waals surface area contributed by atoms with Crippen molar-refractivity contribution in [2.75, 3.05) is 37.9 Å². The van der Waals surface area contributed by atoms with E-state index in [4.69, 9.17) is 10.5 Å². The third-order valence-electron chi connectivity index (χ3n) is 3.88. The molecule has 5 nitrogen and oxygen atoms in total. The van der Waals surface area contributed by atoms with Crippen molar-refractivity contribution < 1.29 is 14.3 Å². The molecule has 1 heterocycles. The van der Waals surface area contributed by atoms with Crippen LogP contribution < -0.4 is 11.1 Å². The smallest absolute Gasteiger partial charge is 0.337 e. The molecule has 1 aromatic rings. The van der Waals surface area contributed by atoms with E-state index in [1.165, 1.54) is 7.11 Å². The van der Waals surface area contributed by atoms with E-state index in [-0.39, 0.29) is 11.4 Å². The van der Waals surface area contributed by atoms with Crippen LogP contribution in [-0.4, -0.2) is 32.8 Å². The Balaban J connectivity index is 2.01. The van der Waals surface area contributed by atoms with Crippen LogP contribution in [0.4, 0.5) is 11.4 Å². The number of ether oxygens (including phenoxy) is 2. The summed E-state index contributed by atoms with van der Waals surface area (Å²) >= 11 is 0. The molecule has 0 unspecified atom stereocenters. The number of anilines is 2. The third-order valence-corrected chi connectivity index (χ3v) is 3.88. The maximum absolute atomic E-state index is 11.4. The van der Waals surface area contributed by atoms with Gasteiger partial charge in [0.05, 0.1) is 24.0 Å². The number of esters is 1. The van der Waals surface area contributed by atoms with Gasteiger partial charge in [-0.1, -0.05) is 6.92 Å². The number of nitrogen functional groups attached to an aromatic ring is 1. The van der Waals surface area contributed by atoms with E-state index in [0.717, 1.165) is 38.3 Å². The minimum Gasteiger partial charge on any atom is -0.465 e. The number of nitrogens with one attached hydrogen (secondary N) is 1. The van der Waals surface area contributed by atoms with Crippen LogP contribution in [0.5, 0.6) is 0 Å². The van der Waals surface area contributed by atoms with Crippen molar-refractivity contribution in [3.63, 3.8) is 0 Å². The molecule has 1 saturated heterocycles. The van der Waals surface area contributed by atoms with Crippen LogP contribution in [0.1, 0.15) is 30.1 Å². The zero-order valence-electron chi connectivity index (χ0n) is 12.1. The van der Waals surface area contributed by atoms with E-state index >= 15 is 0 Å². The van der Waals surface area contributed by atoms with E-state index in [2.05, 4.69) is 17.0 Å². The molecular formula is C15H22N2O3. The molecule has 0 bridgehead atoms. The van der Waals surface area contributed by atoms with Gasteiger partial charge in [-0.15, -0.1) is 0 Å². The fourth-order valence-corrected chi connectivity index (χ4v) is 2.32. The van der Waals surface area contributed by atoms with Gasteiger partial charge in [-0.2, -0.15) is 0 Å². The topological polar surface area (TPSA) is 73.6 Å². The summed E-state index contributed by atoms with van der Waals surface area (Å²) in [6.07, 6.45) is 2.08. The monoisotopic (exact) mass is 278 g/mol. The Hall–Kier alpha value is -1.75. The van der Waals surface area contributed by atoms with E-state index < -0.39 is 0 Å². The van der Waals surface area contributed by atoms with E-state index in [0.29, 0.717) is 11.3 Å². The summed E-state index contributed by atoms with van der Waals surface area (Å²) in [6, 6.07) is 5.18. The largest absolute Gasteiger partial charge is 0.465 e. The Labute approximate surface area is 119 Å². The first kappa shape index (κ1) is 14.7. The summed E-state index contributed by atoms with van der Waals surface area (Å²) in [5.41, 5.74) is 8.08. The second-order valence-electron chi connectivity index (χ2n) is 5.57. The minimum absolute atomic E-state index is 0.228. The number of benzene rings is 1. The summed E-state index contributed by atoms with van der Waals surface area (Å²) in [6.45, 7) is 4.73. The highest BCUT2D eigenvalue weighted by Crippen LogP contribution is 2.31. The van der Waals surface area contributed by atoms with Crippen molar-refractivity contribution in [2.24, 2.45) is 5.41 Å². The predicted octanol–water partition coefficient (Wildman–Crippen LogP) is 2.28. The van der Waals surface area contributed by atoms with Gasteiger partial charge in [0.2, 0.25) is 0 Å². The Morgan fingerprint density at radius 3 is 2.75 bits per heavy atom. The van der Waals surface area contributed by atoms with E-state index in [1.807, 2.05) is 6.07 Å². The quantitative estimate of drug-likeness (QED) is 0.653. The molecule has 20 heavy (non-hydrogen) atoms. The molecule has 110 valence electrons. The first-order valence-electron chi connectivity index (χ1n) is 6.83. The van der Waals surface area contributed by atoms with Crippen LogP contribution in [0.15, 0.2) is 18.2 Å². The van der Waals surface area contributed by atoms with Gasteiger partial charge in [0.25, 0.3) is 0 Å². The van der Waals surface area contributed by atoms with Crippen molar-refractivity contribution in [3.05, 3.63) is 23.8 Å². The van der Waals surface area contributed by atoms with Crippen molar-refractivity contribution in [1.29, 1.82) is 0 Å². The molecule has 0 radical (unpaired) electrons. The van der Waals surface area contributed by atoms with Gasteiger partial charge in [0.1, 0.15) is 0 Å². The Morgan fingerprint density at radius 1 is 1.45 bits per heavy atom. The van der Waals surface area contributed by atoms with Crippen LogP contribution in [0.3, 0.4) is 0 Å². The molecule has 0 saturated carbocycles. The van der Waals surface area contributed by atoms with Crippen LogP contribution in [-0.2, 0) is 9.47 Å². The fraction of sp³-hybridized carbons (Fsp3) is 0.533. The molecule has 5 heteroatoms.